The van der Waals surface area contributed by atoms with E-state index >= 15 is 0 Å². The van der Waals surface area contributed by atoms with Gasteiger partial charge in [-0.25, -0.2) is 4.98 Å². The lowest BCUT2D eigenvalue weighted by Crippen LogP contribution is -2.46. The van der Waals surface area contributed by atoms with E-state index in [0.717, 1.165) is 18.8 Å². The maximum atomic E-state index is 5.92. The van der Waals surface area contributed by atoms with Gasteiger partial charge in [-0.1, -0.05) is 146 Å². The molecule has 214 valence electrons. The van der Waals surface area contributed by atoms with E-state index in [1.165, 1.54) is 27.4 Å². The Morgan fingerprint density at radius 3 is 1.74 bits per heavy atom. The van der Waals surface area contributed by atoms with Crippen molar-refractivity contribution in [3.63, 3.8) is 0 Å². The molecule has 0 aliphatic rings. The molecule has 3 nitrogen and oxygen atoms in total. The number of benzene rings is 5. The molecule has 0 bridgehead atoms. The first-order valence-corrected chi connectivity index (χ1v) is 16.5. The molecule has 0 N–H and O–H groups in total. The molecule has 6 aromatic rings. The summed E-state index contributed by atoms with van der Waals surface area (Å²) in [5, 5.41) is 1.10. The van der Waals surface area contributed by atoms with Crippen molar-refractivity contribution in [2.45, 2.75) is 24.3 Å². The maximum Gasteiger partial charge on any atom is 0.119 e. The molecule has 0 fully saturated rings. The smallest absolute Gasteiger partial charge is 0.119 e. The third-order valence-electron chi connectivity index (χ3n) is 7.88. The van der Waals surface area contributed by atoms with Crippen molar-refractivity contribution < 1.29 is 4.74 Å². The van der Waals surface area contributed by atoms with Crippen LogP contribution < -0.4 is 9.92 Å². The quantitative estimate of drug-likeness (QED) is 0.178. The van der Waals surface area contributed by atoms with Gasteiger partial charge in [0.25, 0.3) is 0 Å². The van der Waals surface area contributed by atoms with Crippen LogP contribution in [0.3, 0.4) is 0 Å². The van der Waals surface area contributed by atoms with E-state index < -0.39 is 9.52 Å². The van der Waals surface area contributed by atoms with Gasteiger partial charge in [0.15, 0.2) is 0 Å². The number of ether oxygens (including phenoxy) is 1. The molecule has 6 rings (SSSR count). The Kier molecular flexibility index (Phi) is 10.4. The summed E-state index contributed by atoms with van der Waals surface area (Å²) in [7, 11) is 1.37. The Morgan fingerprint density at radius 2 is 1.26 bits per heavy atom. The summed E-state index contributed by atoms with van der Waals surface area (Å²) in [6.07, 6.45) is 6.92. The Labute approximate surface area is 259 Å². The number of imidazole rings is 1. The summed E-state index contributed by atoms with van der Waals surface area (Å²) in [5.41, 5.74) is 5.32. The third kappa shape index (κ3) is 7.43. The average molecular weight is 579 g/mol. The molecule has 0 spiro atoms. The van der Waals surface area contributed by atoms with Crippen molar-refractivity contribution in [1.29, 1.82) is 0 Å². The first kappa shape index (κ1) is 29.9. The van der Waals surface area contributed by atoms with Gasteiger partial charge in [0, 0.05) is 12.4 Å². The Balaban J connectivity index is 0.000000220. The van der Waals surface area contributed by atoms with E-state index in [2.05, 4.69) is 176 Å². The highest BCUT2D eigenvalue weighted by atomic mass is 28.2. The van der Waals surface area contributed by atoms with Gasteiger partial charge in [-0.05, 0) is 46.6 Å². The van der Waals surface area contributed by atoms with Crippen molar-refractivity contribution in [2.75, 3.05) is 6.61 Å². The first-order valence-electron chi connectivity index (χ1n) is 15.1. The van der Waals surface area contributed by atoms with Crippen LogP contribution in [-0.2, 0) is 5.16 Å². The van der Waals surface area contributed by atoms with E-state index in [1.807, 2.05) is 12.5 Å². The predicted octanol–water partition coefficient (Wildman–Crippen LogP) is 6.32. The van der Waals surface area contributed by atoms with Crippen LogP contribution in [0, 0.1) is 0 Å². The van der Waals surface area contributed by atoms with E-state index in [4.69, 9.17) is 4.74 Å². The molecule has 0 atom stereocenters. The van der Waals surface area contributed by atoms with Crippen molar-refractivity contribution >= 4 is 22.6 Å². The second-order valence-corrected chi connectivity index (χ2v) is 13.0. The summed E-state index contributed by atoms with van der Waals surface area (Å²) in [5.74, 6) is 1.44. The standard InChI is InChI=1S/C25H26N2OSi.C13H13B/c1-2-18-28-23-14-9-15-24(19-23)29-25(27-17-16-26-20-27,21-10-5-3-6-11-21)22-12-7-4-8-13-22;14-13(11-7-3-1-4-8-11)12-9-5-2-6-10-12/h3-17,19-20H,2,18,29H2,1H3;1-10,13H,14H2. The summed E-state index contributed by atoms with van der Waals surface area (Å²) in [6.45, 7) is 2.88. The molecule has 0 saturated heterocycles. The third-order valence-corrected chi connectivity index (χ3v) is 10.4. The lowest BCUT2D eigenvalue weighted by Gasteiger charge is -2.37. The van der Waals surface area contributed by atoms with Crippen LogP contribution >= 0.6 is 0 Å². The number of hydrogen-bond donors (Lipinski definition) is 0. The zero-order valence-corrected chi connectivity index (χ0v) is 26.5. The van der Waals surface area contributed by atoms with Gasteiger partial charge in [-0.3, -0.25) is 0 Å². The van der Waals surface area contributed by atoms with Crippen LogP contribution in [0.4, 0.5) is 0 Å². The fraction of sp³-hybridized carbons (Fsp3) is 0.132. The predicted molar refractivity (Wildman–Crippen MR) is 185 cm³/mol. The lowest BCUT2D eigenvalue weighted by atomic mass is 9.76. The zero-order chi connectivity index (χ0) is 29.7. The summed E-state index contributed by atoms with van der Waals surface area (Å²) in [6, 6.07) is 51.4. The normalized spacial score (nSPS) is 11.3. The second-order valence-electron chi connectivity index (χ2n) is 10.8. The minimum Gasteiger partial charge on any atom is -0.494 e. The van der Waals surface area contributed by atoms with Crippen LogP contribution in [0.25, 0.3) is 0 Å². The van der Waals surface area contributed by atoms with Crippen molar-refractivity contribution in [3.8, 4) is 5.75 Å². The van der Waals surface area contributed by atoms with Gasteiger partial charge < -0.3 is 9.30 Å². The van der Waals surface area contributed by atoms with Gasteiger partial charge in [-0.2, -0.15) is 0 Å². The molecular formula is C38H39BN2OSi. The molecule has 5 aromatic carbocycles. The number of hydrogen-bond acceptors (Lipinski definition) is 2. The first-order chi connectivity index (χ1) is 21.2. The second kappa shape index (κ2) is 15.0. The molecule has 43 heavy (non-hydrogen) atoms. The van der Waals surface area contributed by atoms with E-state index in [9.17, 15) is 0 Å². The zero-order valence-electron chi connectivity index (χ0n) is 25.1. The topological polar surface area (TPSA) is 27.1 Å². The minimum atomic E-state index is -0.871. The molecule has 0 amide bonds. The Hall–Kier alpha value is -4.61. The molecule has 1 heterocycles. The summed E-state index contributed by atoms with van der Waals surface area (Å²) < 4.78 is 8.20. The van der Waals surface area contributed by atoms with Crippen LogP contribution in [0.1, 0.15) is 41.4 Å². The monoisotopic (exact) mass is 578 g/mol. The Morgan fingerprint density at radius 1 is 0.721 bits per heavy atom. The molecule has 0 saturated carbocycles. The largest absolute Gasteiger partial charge is 0.494 e. The summed E-state index contributed by atoms with van der Waals surface area (Å²) >= 11 is 0. The van der Waals surface area contributed by atoms with Gasteiger partial charge in [0.2, 0.25) is 0 Å². The van der Waals surface area contributed by atoms with Crippen LogP contribution in [0.15, 0.2) is 164 Å². The van der Waals surface area contributed by atoms with Gasteiger partial charge in [0.1, 0.15) is 13.6 Å². The van der Waals surface area contributed by atoms with Crippen LogP contribution in [0.2, 0.25) is 0 Å². The average Bonchev–Trinajstić information content (AvgIpc) is 3.64. The number of rotatable bonds is 10. The van der Waals surface area contributed by atoms with Crippen LogP contribution in [-0.4, -0.2) is 33.5 Å². The summed E-state index contributed by atoms with van der Waals surface area (Å²) in [4.78, 5) is 4.40. The molecular weight excluding hydrogens is 539 g/mol. The SMILES string of the molecule is BC(c1ccccc1)c1ccccc1.CCCOc1cccc([SiH2]C(c2ccccc2)(c2ccccc2)n2ccnc2)c1. The van der Waals surface area contributed by atoms with Gasteiger partial charge >= 0.3 is 0 Å². The van der Waals surface area contributed by atoms with E-state index in [0.29, 0.717) is 5.82 Å². The van der Waals surface area contributed by atoms with Gasteiger partial charge in [-0.15, -0.1) is 0 Å². The van der Waals surface area contributed by atoms with Crippen molar-refractivity contribution in [3.05, 3.63) is 187 Å². The minimum absolute atomic E-state index is 0.262. The number of aromatic nitrogens is 2. The van der Waals surface area contributed by atoms with Gasteiger partial charge in [0.05, 0.1) is 27.6 Å². The molecule has 0 radical (unpaired) electrons. The van der Waals surface area contributed by atoms with Crippen molar-refractivity contribution in [2.24, 2.45) is 0 Å². The van der Waals surface area contributed by atoms with E-state index in [-0.39, 0.29) is 5.16 Å². The molecule has 5 heteroatoms. The highest BCUT2D eigenvalue weighted by Gasteiger charge is 2.36. The molecule has 0 unspecified atom stereocenters. The number of nitrogens with zero attached hydrogens (tertiary/aromatic N) is 2. The Bertz CT molecular complexity index is 1550. The maximum absolute atomic E-state index is 5.92. The highest BCUT2D eigenvalue weighted by Crippen LogP contribution is 2.33. The molecule has 1 aromatic heterocycles. The molecule has 0 aliphatic carbocycles. The van der Waals surface area contributed by atoms with Crippen molar-refractivity contribution in [1.82, 2.24) is 9.55 Å². The molecule has 0 aliphatic heterocycles. The van der Waals surface area contributed by atoms with E-state index in [1.54, 1.807) is 0 Å². The van der Waals surface area contributed by atoms with Crippen LogP contribution in [0.5, 0.6) is 5.75 Å². The fourth-order valence-corrected chi connectivity index (χ4v) is 8.01. The highest BCUT2D eigenvalue weighted by molar-refractivity contribution is 6.57. The fourth-order valence-electron chi connectivity index (χ4n) is 5.61. The lowest BCUT2D eigenvalue weighted by molar-refractivity contribution is 0.317.